The summed E-state index contributed by atoms with van der Waals surface area (Å²) in [6.07, 6.45) is 2.77. The van der Waals surface area contributed by atoms with Crippen LogP contribution in [0.15, 0.2) is 23.7 Å². The van der Waals surface area contributed by atoms with Gasteiger partial charge in [-0.2, -0.15) is 0 Å². The maximum atomic E-state index is 11.9. The lowest BCUT2D eigenvalue weighted by Crippen LogP contribution is -2.14. The van der Waals surface area contributed by atoms with E-state index in [2.05, 4.69) is 15.6 Å². The molecule has 1 saturated heterocycles. The Bertz CT molecular complexity index is 581. The summed E-state index contributed by atoms with van der Waals surface area (Å²) in [5.41, 5.74) is 3.68. The fourth-order valence-corrected chi connectivity index (χ4v) is 3.17. The van der Waals surface area contributed by atoms with Gasteiger partial charge in [0.05, 0.1) is 15.7 Å². The van der Waals surface area contributed by atoms with Crippen LogP contribution in [0.25, 0.3) is 10.2 Å². The number of benzene rings is 1. The second-order valence-corrected chi connectivity index (χ2v) is 5.87. The molecule has 2 N–H and O–H groups in total. The molecule has 1 amide bonds. The lowest BCUT2D eigenvalue weighted by atomic mass is 10.0. The molecule has 6 heteroatoms. The van der Waals surface area contributed by atoms with E-state index in [1.165, 1.54) is 6.42 Å². The van der Waals surface area contributed by atoms with Crippen LogP contribution in [0.5, 0.6) is 0 Å². The smallest absolute Gasteiger partial charge is 0.224 e. The number of amides is 1. The third-order valence-corrected chi connectivity index (χ3v) is 4.35. The van der Waals surface area contributed by atoms with Gasteiger partial charge in [-0.15, -0.1) is 23.7 Å². The Morgan fingerprint density at radius 1 is 1.50 bits per heavy atom. The first-order valence-electron chi connectivity index (χ1n) is 6.65. The molecule has 0 radical (unpaired) electrons. The maximum absolute atomic E-state index is 11.9. The molecule has 108 valence electrons. The van der Waals surface area contributed by atoms with Gasteiger partial charge in [0.2, 0.25) is 5.91 Å². The van der Waals surface area contributed by atoms with Gasteiger partial charge in [0.25, 0.3) is 0 Å². The van der Waals surface area contributed by atoms with E-state index >= 15 is 0 Å². The highest BCUT2D eigenvalue weighted by atomic mass is 35.5. The van der Waals surface area contributed by atoms with Crippen LogP contribution in [-0.2, 0) is 4.79 Å². The Hall–Kier alpha value is -1.17. The van der Waals surface area contributed by atoms with Crippen LogP contribution < -0.4 is 10.6 Å². The average Bonchev–Trinajstić information content (AvgIpc) is 3.07. The lowest BCUT2D eigenvalue weighted by molar-refractivity contribution is -0.116. The van der Waals surface area contributed by atoms with E-state index in [1.54, 1.807) is 11.3 Å². The normalized spacial score (nSPS) is 17.9. The summed E-state index contributed by atoms with van der Waals surface area (Å²) in [5.74, 6) is 0.769. The summed E-state index contributed by atoms with van der Waals surface area (Å²) in [7, 11) is 0. The summed E-state index contributed by atoms with van der Waals surface area (Å²) in [5, 5.41) is 6.29. The SMILES string of the molecule is Cl.O=C(CCC1CCNC1)Nc1ccc2ncsc2c1. The number of nitrogens with zero attached hydrogens (tertiary/aromatic N) is 1. The van der Waals surface area contributed by atoms with Gasteiger partial charge in [-0.1, -0.05) is 0 Å². The summed E-state index contributed by atoms with van der Waals surface area (Å²) in [6.45, 7) is 2.15. The van der Waals surface area contributed by atoms with Crippen molar-refractivity contribution in [3.8, 4) is 0 Å². The first-order chi connectivity index (χ1) is 9.31. The molecule has 0 saturated carbocycles. The Kier molecular flexibility index (Phi) is 5.34. The fraction of sp³-hybridized carbons (Fsp3) is 0.429. The first-order valence-corrected chi connectivity index (χ1v) is 7.53. The van der Waals surface area contributed by atoms with Crippen LogP contribution in [0, 0.1) is 5.92 Å². The zero-order chi connectivity index (χ0) is 13.1. The van der Waals surface area contributed by atoms with Crippen LogP contribution in [0.4, 0.5) is 5.69 Å². The molecule has 1 unspecified atom stereocenters. The predicted molar refractivity (Wildman–Crippen MR) is 85.7 cm³/mol. The molecule has 1 aliphatic heterocycles. The molecule has 4 nitrogen and oxygen atoms in total. The Morgan fingerprint density at radius 3 is 3.20 bits per heavy atom. The predicted octanol–water partition coefficient (Wildman–Crippen LogP) is 3.05. The minimum Gasteiger partial charge on any atom is -0.326 e. The summed E-state index contributed by atoms with van der Waals surface area (Å²) in [4.78, 5) is 16.1. The number of halogens is 1. The van der Waals surface area contributed by atoms with Gasteiger partial charge in [-0.25, -0.2) is 4.98 Å². The molecule has 0 spiro atoms. The molecule has 3 rings (SSSR count). The first kappa shape index (κ1) is 15.2. The van der Waals surface area contributed by atoms with Gasteiger partial charge in [0.15, 0.2) is 0 Å². The van der Waals surface area contributed by atoms with Gasteiger partial charge in [0, 0.05) is 12.1 Å². The van der Waals surface area contributed by atoms with Gasteiger partial charge < -0.3 is 10.6 Å². The number of carbonyl (C=O) groups is 1. The maximum Gasteiger partial charge on any atom is 0.224 e. The van der Waals surface area contributed by atoms with E-state index in [0.717, 1.165) is 35.4 Å². The van der Waals surface area contributed by atoms with Crippen molar-refractivity contribution >= 4 is 45.6 Å². The van der Waals surface area contributed by atoms with E-state index < -0.39 is 0 Å². The third-order valence-electron chi connectivity index (χ3n) is 3.56. The van der Waals surface area contributed by atoms with E-state index in [4.69, 9.17) is 0 Å². The van der Waals surface area contributed by atoms with Gasteiger partial charge in [0.1, 0.15) is 0 Å². The van der Waals surface area contributed by atoms with Crippen LogP contribution >= 0.6 is 23.7 Å². The number of carbonyl (C=O) groups excluding carboxylic acids is 1. The number of anilines is 1. The van der Waals surface area contributed by atoms with Crippen molar-refractivity contribution in [1.29, 1.82) is 0 Å². The average molecular weight is 312 g/mol. The minimum atomic E-state index is 0. The standard InChI is InChI=1S/C14H17N3OS.ClH/c18-14(4-1-10-5-6-15-8-10)17-11-2-3-12-13(7-11)19-9-16-12;/h2-3,7,9-10,15H,1,4-6,8H2,(H,17,18);1H. The summed E-state index contributed by atoms with van der Waals surface area (Å²) < 4.78 is 1.11. The van der Waals surface area contributed by atoms with Crippen molar-refractivity contribution in [3.63, 3.8) is 0 Å². The van der Waals surface area contributed by atoms with Crippen LogP contribution in [-0.4, -0.2) is 24.0 Å². The zero-order valence-electron chi connectivity index (χ0n) is 11.1. The van der Waals surface area contributed by atoms with Crippen LogP contribution in [0.2, 0.25) is 0 Å². The second kappa shape index (κ2) is 7.02. The number of thiazole rings is 1. The molecule has 2 heterocycles. The molecule has 0 aliphatic carbocycles. The van der Waals surface area contributed by atoms with Crippen molar-refractivity contribution in [2.75, 3.05) is 18.4 Å². The highest BCUT2D eigenvalue weighted by Crippen LogP contribution is 2.22. The van der Waals surface area contributed by atoms with Gasteiger partial charge >= 0.3 is 0 Å². The lowest BCUT2D eigenvalue weighted by Gasteiger charge is -2.08. The molecule has 1 aromatic heterocycles. The Labute approximate surface area is 128 Å². The van der Waals surface area contributed by atoms with Crippen molar-refractivity contribution in [3.05, 3.63) is 23.7 Å². The minimum absolute atomic E-state index is 0. The third kappa shape index (κ3) is 3.69. The molecule has 1 aliphatic rings. The van der Waals surface area contributed by atoms with E-state index in [9.17, 15) is 4.79 Å². The topological polar surface area (TPSA) is 54.0 Å². The molecule has 1 aromatic carbocycles. The fourth-order valence-electron chi connectivity index (χ4n) is 2.45. The second-order valence-electron chi connectivity index (χ2n) is 4.98. The van der Waals surface area contributed by atoms with Crippen molar-refractivity contribution in [2.24, 2.45) is 5.92 Å². The monoisotopic (exact) mass is 311 g/mol. The summed E-state index contributed by atoms with van der Waals surface area (Å²) >= 11 is 1.59. The van der Waals surface area contributed by atoms with Crippen molar-refractivity contribution in [1.82, 2.24) is 10.3 Å². The largest absolute Gasteiger partial charge is 0.326 e. The van der Waals surface area contributed by atoms with Gasteiger partial charge in [-0.3, -0.25) is 4.79 Å². The molecule has 0 bridgehead atoms. The number of nitrogens with one attached hydrogen (secondary N) is 2. The molecule has 1 fully saturated rings. The Balaban J connectivity index is 0.00000147. The van der Waals surface area contributed by atoms with E-state index in [0.29, 0.717) is 12.3 Å². The highest BCUT2D eigenvalue weighted by Gasteiger charge is 2.15. The Morgan fingerprint density at radius 2 is 2.40 bits per heavy atom. The molecular weight excluding hydrogens is 294 g/mol. The van der Waals surface area contributed by atoms with Crippen molar-refractivity contribution in [2.45, 2.75) is 19.3 Å². The van der Waals surface area contributed by atoms with Crippen molar-refractivity contribution < 1.29 is 4.79 Å². The van der Waals surface area contributed by atoms with Gasteiger partial charge in [-0.05, 0) is 50.0 Å². The molecule has 2 aromatic rings. The molecule has 1 atom stereocenters. The quantitative estimate of drug-likeness (QED) is 0.912. The number of hydrogen-bond acceptors (Lipinski definition) is 4. The number of hydrogen-bond donors (Lipinski definition) is 2. The summed E-state index contributed by atoms with van der Waals surface area (Å²) in [6, 6.07) is 5.85. The van der Waals surface area contributed by atoms with E-state index in [1.807, 2.05) is 23.7 Å². The number of rotatable bonds is 4. The van der Waals surface area contributed by atoms with Crippen LogP contribution in [0.3, 0.4) is 0 Å². The van der Waals surface area contributed by atoms with E-state index in [-0.39, 0.29) is 18.3 Å². The zero-order valence-corrected chi connectivity index (χ0v) is 12.7. The number of aromatic nitrogens is 1. The number of fused-ring (bicyclic) bond motifs is 1. The molecule has 20 heavy (non-hydrogen) atoms. The molecular formula is C14H18ClN3OS. The van der Waals surface area contributed by atoms with Crippen LogP contribution in [0.1, 0.15) is 19.3 Å². The highest BCUT2D eigenvalue weighted by molar-refractivity contribution is 7.16.